The number of carbonyl (C=O) groups is 1. The standard InChI is InChI=1S/C36H41N7O2/c1-23(2)31-15-12-28(19-24(31)3)41-36(44)26-7-5-8-27(20-26)39-32-16-18-38-35-33(32)34(40-29-9-6-17-37-21-29)42-43(35)22-25-10-13-30(45-4)14-11-25/h5,7-8,10-16,18-20,23,29,37H,6,9,17,21-22H2,1-4H3,(H,38,39)(H,40,42)(H,41,44). The van der Waals surface area contributed by atoms with Gasteiger partial charge in [-0.3, -0.25) is 4.79 Å². The summed E-state index contributed by atoms with van der Waals surface area (Å²) >= 11 is 0. The number of hydrogen-bond acceptors (Lipinski definition) is 7. The van der Waals surface area contributed by atoms with Crippen molar-refractivity contribution in [2.45, 2.75) is 52.1 Å². The van der Waals surface area contributed by atoms with Crippen LogP contribution < -0.4 is 26.0 Å². The average molecular weight is 604 g/mol. The van der Waals surface area contributed by atoms with Gasteiger partial charge in [0.25, 0.3) is 5.91 Å². The van der Waals surface area contributed by atoms with Crippen molar-refractivity contribution >= 4 is 39.8 Å². The smallest absolute Gasteiger partial charge is 0.255 e. The lowest BCUT2D eigenvalue weighted by Crippen LogP contribution is -2.38. The molecule has 45 heavy (non-hydrogen) atoms. The lowest BCUT2D eigenvalue weighted by molar-refractivity contribution is 0.102. The summed E-state index contributed by atoms with van der Waals surface area (Å²) in [5.74, 6) is 1.88. The molecule has 9 heteroatoms. The highest BCUT2D eigenvalue weighted by Gasteiger charge is 2.21. The second kappa shape index (κ2) is 13.4. The van der Waals surface area contributed by atoms with Gasteiger partial charge in [0.1, 0.15) is 5.75 Å². The Kier molecular flexibility index (Phi) is 8.98. The van der Waals surface area contributed by atoms with Crippen LogP contribution in [0.15, 0.2) is 79.0 Å². The molecule has 0 radical (unpaired) electrons. The first-order valence-corrected chi connectivity index (χ1v) is 15.6. The van der Waals surface area contributed by atoms with Crippen molar-refractivity contribution in [2.24, 2.45) is 0 Å². The Morgan fingerprint density at radius 2 is 1.91 bits per heavy atom. The molecule has 1 saturated heterocycles. The third-order valence-corrected chi connectivity index (χ3v) is 8.32. The number of aromatic nitrogens is 3. The van der Waals surface area contributed by atoms with E-state index >= 15 is 0 Å². The number of ether oxygens (including phenoxy) is 1. The van der Waals surface area contributed by atoms with Crippen molar-refractivity contribution in [3.8, 4) is 5.75 Å². The maximum absolute atomic E-state index is 13.3. The van der Waals surface area contributed by atoms with E-state index < -0.39 is 0 Å². The molecular formula is C36H41N7O2. The summed E-state index contributed by atoms with van der Waals surface area (Å²) < 4.78 is 7.28. The van der Waals surface area contributed by atoms with Crippen LogP contribution in [0.1, 0.15) is 59.7 Å². The minimum absolute atomic E-state index is 0.158. The zero-order chi connectivity index (χ0) is 31.3. The number of nitrogens with zero attached hydrogens (tertiary/aromatic N) is 3. The highest BCUT2D eigenvalue weighted by atomic mass is 16.5. The highest BCUT2D eigenvalue weighted by molar-refractivity contribution is 6.05. The fraction of sp³-hybridized carbons (Fsp3) is 0.306. The minimum Gasteiger partial charge on any atom is -0.497 e. The van der Waals surface area contributed by atoms with Crippen molar-refractivity contribution in [3.05, 3.63) is 101 Å². The SMILES string of the molecule is COc1ccc(Cn2nc(NC3CCCNC3)c3c(Nc4cccc(C(=O)Nc5ccc(C(C)C)c(C)c5)c4)ccnc32)cc1. The van der Waals surface area contributed by atoms with Crippen molar-refractivity contribution in [1.82, 2.24) is 20.1 Å². The number of rotatable bonds is 10. The van der Waals surface area contributed by atoms with Crippen LogP contribution in [0.5, 0.6) is 5.75 Å². The summed E-state index contributed by atoms with van der Waals surface area (Å²) in [7, 11) is 1.67. The normalized spacial score (nSPS) is 14.8. The molecule has 1 amide bonds. The van der Waals surface area contributed by atoms with E-state index in [1.54, 1.807) is 13.3 Å². The zero-order valence-electron chi connectivity index (χ0n) is 26.4. The fourth-order valence-electron chi connectivity index (χ4n) is 5.98. The van der Waals surface area contributed by atoms with Crippen molar-refractivity contribution in [3.63, 3.8) is 0 Å². The number of anilines is 4. The van der Waals surface area contributed by atoms with Gasteiger partial charge in [0.2, 0.25) is 0 Å². The van der Waals surface area contributed by atoms with Gasteiger partial charge in [0.15, 0.2) is 11.5 Å². The first-order valence-electron chi connectivity index (χ1n) is 15.6. The Morgan fingerprint density at radius 3 is 2.64 bits per heavy atom. The number of fused-ring (bicyclic) bond motifs is 1. The second-order valence-electron chi connectivity index (χ2n) is 12.0. The molecule has 0 aliphatic carbocycles. The zero-order valence-corrected chi connectivity index (χ0v) is 26.4. The first-order chi connectivity index (χ1) is 21.9. The van der Waals surface area contributed by atoms with Crippen LogP contribution in [0, 0.1) is 6.92 Å². The number of aryl methyl sites for hydroxylation is 1. The third-order valence-electron chi connectivity index (χ3n) is 8.32. The molecule has 1 atom stereocenters. The summed E-state index contributed by atoms with van der Waals surface area (Å²) in [5.41, 5.74) is 7.34. The largest absolute Gasteiger partial charge is 0.497 e. The van der Waals surface area contributed by atoms with E-state index in [1.807, 2.05) is 71.4 Å². The Hall–Kier alpha value is -4.89. The summed E-state index contributed by atoms with van der Waals surface area (Å²) in [6.45, 7) is 8.91. The van der Waals surface area contributed by atoms with Crippen molar-refractivity contribution in [1.29, 1.82) is 0 Å². The van der Waals surface area contributed by atoms with E-state index in [9.17, 15) is 4.79 Å². The van der Waals surface area contributed by atoms with Crippen molar-refractivity contribution in [2.75, 3.05) is 36.1 Å². The molecule has 4 N–H and O–H groups in total. The van der Waals surface area contributed by atoms with Gasteiger partial charge in [-0.1, -0.05) is 38.1 Å². The molecule has 232 valence electrons. The Morgan fingerprint density at radius 1 is 1.07 bits per heavy atom. The fourth-order valence-corrected chi connectivity index (χ4v) is 5.98. The summed E-state index contributed by atoms with van der Waals surface area (Å²) in [5, 5.41) is 19.7. The van der Waals surface area contributed by atoms with Crippen LogP contribution in [0.3, 0.4) is 0 Å². The number of amides is 1. The van der Waals surface area contributed by atoms with Gasteiger partial charge < -0.3 is 26.0 Å². The van der Waals surface area contributed by atoms with E-state index in [1.165, 1.54) is 11.1 Å². The quantitative estimate of drug-likeness (QED) is 0.135. The number of benzene rings is 3. The predicted octanol–water partition coefficient (Wildman–Crippen LogP) is 7.08. The average Bonchev–Trinajstić information content (AvgIpc) is 3.39. The van der Waals surface area contributed by atoms with Gasteiger partial charge in [-0.2, -0.15) is 5.10 Å². The summed E-state index contributed by atoms with van der Waals surface area (Å²) in [6, 6.07) is 23.9. The lowest BCUT2D eigenvalue weighted by atomic mass is 9.97. The van der Waals surface area contributed by atoms with Gasteiger partial charge in [-0.25, -0.2) is 9.67 Å². The highest BCUT2D eigenvalue weighted by Crippen LogP contribution is 2.33. The van der Waals surface area contributed by atoms with Gasteiger partial charge in [0.05, 0.1) is 24.7 Å². The Bertz CT molecular complexity index is 1790. The molecule has 1 aliphatic rings. The maximum atomic E-state index is 13.3. The monoisotopic (exact) mass is 603 g/mol. The number of nitrogens with one attached hydrogen (secondary N) is 4. The number of piperidine rings is 1. The topological polar surface area (TPSA) is 105 Å². The van der Waals surface area contributed by atoms with Gasteiger partial charge in [-0.15, -0.1) is 0 Å². The van der Waals surface area contributed by atoms with Gasteiger partial charge >= 0.3 is 0 Å². The van der Waals surface area contributed by atoms with Crippen LogP contribution in [0.4, 0.5) is 22.9 Å². The van der Waals surface area contributed by atoms with Crippen molar-refractivity contribution < 1.29 is 9.53 Å². The minimum atomic E-state index is -0.158. The van der Waals surface area contributed by atoms with Gasteiger partial charge in [-0.05, 0) is 97.4 Å². The number of methoxy groups -OCH3 is 1. The van der Waals surface area contributed by atoms with Gasteiger partial charge in [0, 0.05) is 35.7 Å². The van der Waals surface area contributed by atoms with Crippen LogP contribution >= 0.6 is 0 Å². The number of pyridine rings is 1. The summed E-state index contributed by atoms with van der Waals surface area (Å²) in [6.07, 6.45) is 3.98. The molecule has 1 aliphatic heterocycles. The molecule has 2 aromatic heterocycles. The predicted molar refractivity (Wildman–Crippen MR) is 182 cm³/mol. The van der Waals surface area contributed by atoms with Crippen LogP contribution in [0.2, 0.25) is 0 Å². The van der Waals surface area contributed by atoms with E-state index in [0.29, 0.717) is 18.0 Å². The third kappa shape index (κ3) is 6.94. The molecule has 1 fully saturated rings. The molecule has 1 unspecified atom stereocenters. The number of carbonyl (C=O) groups excluding carboxylic acids is 1. The first kappa shape index (κ1) is 30.1. The molecule has 0 saturated carbocycles. The Labute approximate surface area is 264 Å². The Balaban J connectivity index is 1.28. The van der Waals surface area contributed by atoms with E-state index in [2.05, 4.69) is 48.1 Å². The van der Waals surface area contributed by atoms with Crippen LogP contribution in [-0.2, 0) is 6.54 Å². The molecule has 6 rings (SSSR count). The lowest BCUT2D eigenvalue weighted by Gasteiger charge is -2.24. The van der Waals surface area contributed by atoms with Crippen LogP contribution in [-0.4, -0.2) is 46.9 Å². The molecule has 5 aromatic rings. The molecule has 3 aromatic carbocycles. The maximum Gasteiger partial charge on any atom is 0.255 e. The number of hydrogen-bond donors (Lipinski definition) is 4. The summed E-state index contributed by atoms with van der Waals surface area (Å²) in [4.78, 5) is 18.0. The van der Waals surface area contributed by atoms with E-state index in [4.69, 9.17) is 14.8 Å². The van der Waals surface area contributed by atoms with Crippen LogP contribution in [0.25, 0.3) is 11.0 Å². The molecular weight excluding hydrogens is 562 g/mol. The molecule has 3 heterocycles. The van der Waals surface area contributed by atoms with E-state index in [0.717, 1.165) is 71.2 Å². The van der Waals surface area contributed by atoms with E-state index in [-0.39, 0.29) is 11.9 Å². The molecule has 9 nitrogen and oxygen atoms in total. The second-order valence-corrected chi connectivity index (χ2v) is 12.0. The molecule has 0 spiro atoms. The molecule has 0 bridgehead atoms.